The van der Waals surface area contributed by atoms with Crippen LogP contribution in [0.1, 0.15) is 5.56 Å². The molecule has 8 heteroatoms. The summed E-state index contributed by atoms with van der Waals surface area (Å²) in [6, 6.07) is 12.2. The van der Waals surface area contributed by atoms with Gasteiger partial charge in [0.05, 0.1) is 6.26 Å². The van der Waals surface area contributed by atoms with Crippen LogP contribution in [-0.2, 0) is 16.6 Å². The first-order valence-corrected chi connectivity index (χ1v) is 9.24. The summed E-state index contributed by atoms with van der Waals surface area (Å²) in [6.07, 6.45) is 4.39. The molecule has 2 amide bonds. The number of pyridine rings is 1. The number of aromatic nitrogens is 1. The van der Waals surface area contributed by atoms with Gasteiger partial charge in [0.2, 0.25) is 10.0 Å². The lowest BCUT2D eigenvalue weighted by molar-refractivity contribution is 0.251. The maximum Gasteiger partial charge on any atom is 0.319 e. The number of benzene rings is 1. The number of rotatable bonds is 7. The lowest BCUT2D eigenvalue weighted by Crippen LogP contribution is -2.39. The Balaban J connectivity index is 1.86. The van der Waals surface area contributed by atoms with Crippen LogP contribution in [0.15, 0.2) is 54.9 Å². The average molecular weight is 348 g/mol. The lowest BCUT2D eigenvalue weighted by atomic mass is 10.3. The Morgan fingerprint density at radius 3 is 2.54 bits per heavy atom. The fourth-order valence-electron chi connectivity index (χ4n) is 2.05. The van der Waals surface area contributed by atoms with E-state index in [1.807, 2.05) is 18.2 Å². The minimum Gasteiger partial charge on any atom is -0.337 e. The number of hydrogen-bond donors (Lipinski definition) is 2. The molecule has 0 saturated carbocycles. The highest BCUT2D eigenvalue weighted by atomic mass is 32.2. The highest BCUT2D eigenvalue weighted by molar-refractivity contribution is 7.88. The van der Waals surface area contributed by atoms with Crippen molar-refractivity contribution in [1.82, 2.24) is 14.6 Å². The molecule has 1 aromatic heterocycles. The molecule has 0 aliphatic carbocycles. The van der Waals surface area contributed by atoms with E-state index in [0.29, 0.717) is 5.69 Å². The molecule has 0 unspecified atom stereocenters. The van der Waals surface area contributed by atoms with Gasteiger partial charge >= 0.3 is 6.03 Å². The summed E-state index contributed by atoms with van der Waals surface area (Å²) in [5.74, 6) is 0. The van der Waals surface area contributed by atoms with E-state index < -0.39 is 10.0 Å². The minimum atomic E-state index is -3.39. The van der Waals surface area contributed by atoms with Crippen LogP contribution in [0.5, 0.6) is 0 Å². The second-order valence-corrected chi connectivity index (χ2v) is 7.19. The summed E-state index contributed by atoms with van der Waals surface area (Å²) < 4.78 is 25.1. The molecule has 2 N–H and O–H groups in total. The first-order valence-electron chi connectivity index (χ1n) is 7.39. The van der Waals surface area contributed by atoms with Crippen molar-refractivity contribution in [2.45, 2.75) is 6.54 Å². The molecular weight excluding hydrogens is 328 g/mol. The van der Waals surface area contributed by atoms with E-state index in [0.717, 1.165) is 11.8 Å². The largest absolute Gasteiger partial charge is 0.337 e. The van der Waals surface area contributed by atoms with Crippen molar-refractivity contribution >= 4 is 21.7 Å². The van der Waals surface area contributed by atoms with Crippen LogP contribution in [-0.4, -0.2) is 43.1 Å². The van der Waals surface area contributed by atoms with E-state index in [4.69, 9.17) is 0 Å². The van der Waals surface area contributed by atoms with Crippen LogP contribution in [0.25, 0.3) is 0 Å². The number of nitrogens with zero attached hydrogens (tertiary/aromatic N) is 2. The van der Waals surface area contributed by atoms with Gasteiger partial charge in [-0.2, -0.15) is 4.31 Å². The van der Waals surface area contributed by atoms with Gasteiger partial charge in [0, 0.05) is 37.7 Å². The number of hydrogen-bond acceptors (Lipinski definition) is 4. The molecule has 2 aromatic rings. The second kappa shape index (κ2) is 8.42. The Bertz CT molecular complexity index is 751. The van der Waals surface area contributed by atoms with E-state index in [1.165, 1.54) is 4.31 Å². The normalized spacial score (nSPS) is 11.2. The second-order valence-electron chi connectivity index (χ2n) is 5.20. The summed E-state index contributed by atoms with van der Waals surface area (Å²) in [6.45, 7) is 0.594. The van der Waals surface area contributed by atoms with Crippen molar-refractivity contribution in [2.24, 2.45) is 0 Å². The van der Waals surface area contributed by atoms with Crippen LogP contribution < -0.4 is 10.6 Å². The van der Waals surface area contributed by atoms with Gasteiger partial charge in [-0.05, 0) is 23.8 Å². The molecule has 0 bridgehead atoms. The van der Waals surface area contributed by atoms with E-state index in [1.54, 1.807) is 36.7 Å². The van der Waals surface area contributed by atoms with Crippen molar-refractivity contribution in [3.8, 4) is 0 Å². The third kappa shape index (κ3) is 5.98. The molecule has 128 valence electrons. The highest BCUT2D eigenvalue weighted by Gasteiger charge is 2.17. The van der Waals surface area contributed by atoms with Crippen molar-refractivity contribution in [2.75, 3.05) is 24.7 Å². The zero-order valence-corrected chi connectivity index (χ0v) is 14.2. The van der Waals surface area contributed by atoms with Gasteiger partial charge < -0.3 is 10.6 Å². The summed E-state index contributed by atoms with van der Waals surface area (Å²) in [7, 11) is -3.39. The molecule has 24 heavy (non-hydrogen) atoms. The Hall–Kier alpha value is -2.45. The number of carbonyl (C=O) groups is 1. The predicted molar refractivity (Wildman–Crippen MR) is 93.0 cm³/mol. The Labute approximate surface area is 141 Å². The Kier molecular flexibility index (Phi) is 6.28. The molecule has 0 fully saturated rings. The van der Waals surface area contributed by atoms with E-state index in [9.17, 15) is 13.2 Å². The van der Waals surface area contributed by atoms with Crippen molar-refractivity contribution in [3.05, 3.63) is 60.4 Å². The number of carbonyl (C=O) groups excluding carboxylic acids is 1. The van der Waals surface area contributed by atoms with Crippen LogP contribution >= 0.6 is 0 Å². The van der Waals surface area contributed by atoms with Gasteiger partial charge in [-0.25, -0.2) is 13.2 Å². The molecule has 0 radical (unpaired) electrons. The predicted octanol–water partition coefficient (Wildman–Crippen LogP) is 1.66. The molecule has 0 saturated heterocycles. The first-order chi connectivity index (χ1) is 11.4. The van der Waals surface area contributed by atoms with Crippen molar-refractivity contribution in [1.29, 1.82) is 0 Å². The molecular formula is C16H20N4O3S. The van der Waals surface area contributed by atoms with E-state index >= 15 is 0 Å². The smallest absolute Gasteiger partial charge is 0.319 e. The number of para-hydroxylation sites is 1. The van der Waals surface area contributed by atoms with Crippen LogP contribution in [0, 0.1) is 0 Å². The van der Waals surface area contributed by atoms with Gasteiger partial charge in [0.25, 0.3) is 0 Å². The zero-order chi connectivity index (χ0) is 17.4. The zero-order valence-electron chi connectivity index (χ0n) is 13.3. The lowest BCUT2D eigenvalue weighted by Gasteiger charge is -2.20. The molecule has 2 rings (SSSR count). The van der Waals surface area contributed by atoms with Gasteiger partial charge in [0.1, 0.15) is 0 Å². The fourth-order valence-corrected chi connectivity index (χ4v) is 2.85. The number of amides is 2. The minimum absolute atomic E-state index is 0.177. The van der Waals surface area contributed by atoms with Crippen LogP contribution in [0.3, 0.4) is 0 Å². The van der Waals surface area contributed by atoms with Gasteiger partial charge in [-0.1, -0.05) is 24.3 Å². The molecule has 0 atom stereocenters. The number of sulfonamides is 1. The maximum atomic E-state index is 11.9. The van der Waals surface area contributed by atoms with E-state index in [-0.39, 0.29) is 25.7 Å². The highest BCUT2D eigenvalue weighted by Crippen LogP contribution is 2.07. The molecule has 0 spiro atoms. The summed E-state index contributed by atoms with van der Waals surface area (Å²) >= 11 is 0. The molecule has 0 aliphatic rings. The summed E-state index contributed by atoms with van der Waals surface area (Å²) in [5.41, 5.74) is 1.46. The first kappa shape index (κ1) is 17.9. The standard InChI is InChI=1S/C16H20N4O3S/c1-24(22,23)20(13-14-6-5-9-17-12-14)11-10-18-16(21)19-15-7-3-2-4-8-15/h2-9,12H,10-11,13H2,1H3,(H2,18,19,21). The number of nitrogens with one attached hydrogen (secondary N) is 2. The van der Waals surface area contributed by atoms with Gasteiger partial charge in [0.15, 0.2) is 0 Å². The topological polar surface area (TPSA) is 91.4 Å². The van der Waals surface area contributed by atoms with Gasteiger partial charge in [-0.15, -0.1) is 0 Å². The SMILES string of the molecule is CS(=O)(=O)N(CCNC(=O)Nc1ccccc1)Cc1cccnc1. The van der Waals surface area contributed by atoms with Crippen LogP contribution in [0.4, 0.5) is 10.5 Å². The fraction of sp³-hybridized carbons (Fsp3) is 0.250. The molecule has 0 aliphatic heterocycles. The molecule has 7 nitrogen and oxygen atoms in total. The van der Waals surface area contributed by atoms with Gasteiger partial charge in [-0.3, -0.25) is 4.98 Å². The maximum absolute atomic E-state index is 11.9. The monoisotopic (exact) mass is 348 g/mol. The average Bonchev–Trinajstić information content (AvgIpc) is 2.55. The molecule has 1 aromatic carbocycles. The van der Waals surface area contributed by atoms with Crippen molar-refractivity contribution in [3.63, 3.8) is 0 Å². The summed E-state index contributed by atoms with van der Waals surface area (Å²) in [5, 5.41) is 5.32. The third-order valence-electron chi connectivity index (χ3n) is 3.23. The van der Waals surface area contributed by atoms with E-state index in [2.05, 4.69) is 15.6 Å². The quantitative estimate of drug-likeness (QED) is 0.796. The summed E-state index contributed by atoms with van der Waals surface area (Å²) in [4.78, 5) is 15.8. The number of anilines is 1. The van der Waals surface area contributed by atoms with Crippen LogP contribution in [0.2, 0.25) is 0 Å². The van der Waals surface area contributed by atoms with Crippen molar-refractivity contribution < 1.29 is 13.2 Å². The number of urea groups is 1. The Morgan fingerprint density at radius 2 is 1.92 bits per heavy atom. The molecule has 1 heterocycles. The Morgan fingerprint density at radius 1 is 1.17 bits per heavy atom. The third-order valence-corrected chi connectivity index (χ3v) is 4.48.